The second-order valence-corrected chi connectivity index (χ2v) is 9.71. The van der Waals surface area contributed by atoms with Crippen molar-refractivity contribution in [3.63, 3.8) is 0 Å². The number of ether oxygens (including phenoxy) is 1. The second kappa shape index (κ2) is 8.21. The third kappa shape index (κ3) is 3.96. The number of nitrogens with one attached hydrogen (secondary N) is 1. The van der Waals surface area contributed by atoms with Crippen LogP contribution in [-0.2, 0) is 11.8 Å². The number of hydrogen-bond donors (Lipinski definition) is 1. The molecule has 5 rings (SSSR count). The molecular weight excluding hydrogens is 416 g/mol. The van der Waals surface area contributed by atoms with Gasteiger partial charge in [0.05, 0.1) is 17.1 Å². The first-order valence-corrected chi connectivity index (χ1v) is 11.6. The van der Waals surface area contributed by atoms with Gasteiger partial charge in [0.2, 0.25) is 0 Å². The Balaban J connectivity index is 1.27. The van der Waals surface area contributed by atoms with Crippen molar-refractivity contribution in [3.05, 3.63) is 65.9 Å². The normalized spacial score (nSPS) is 24.6. The Bertz CT molecular complexity index is 1180. The highest BCUT2D eigenvalue weighted by Gasteiger charge is 2.51. The number of nitrogens with zero attached hydrogens (tertiary/aromatic N) is 3. The van der Waals surface area contributed by atoms with Crippen LogP contribution in [0.1, 0.15) is 61.5 Å². The van der Waals surface area contributed by atoms with Gasteiger partial charge in [0.1, 0.15) is 5.60 Å². The number of carbonyl (C=O) groups is 2. The van der Waals surface area contributed by atoms with E-state index in [1.54, 1.807) is 4.68 Å². The predicted octanol–water partition coefficient (Wildman–Crippen LogP) is 4.59. The maximum Gasteiger partial charge on any atom is 0.411 e. The Morgan fingerprint density at radius 1 is 1.06 bits per heavy atom. The van der Waals surface area contributed by atoms with E-state index >= 15 is 0 Å². The maximum atomic E-state index is 13.0. The van der Waals surface area contributed by atoms with Crippen LogP contribution in [0, 0.1) is 0 Å². The standard InChI is InChI=1S/C26H30N4O3/c1-26(2)23(17-8-5-4-6-9-17)30(25(32)33-26)19-14-12-18(13-15-19)27-24(31)20-10-7-11-22-21(20)16-29(3)28-22/h4-11,16,18-19,23H,12-15H2,1-3H3,(H,27,31). The fraction of sp³-hybridized carbons (Fsp3) is 0.423. The first-order chi connectivity index (χ1) is 15.8. The third-order valence-electron chi connectivity index (χ3n) is 6.95. The smallest absolute Gasteiger partial charge is 0.411 e. The van der Waals surface area contributed by atoms with E-state index in [2.05, 4.69) is 22.5 Å². The zero-order chi connectivity index (χ0) is 23.2. The Hall–Kier alpha value is -3.35. The van der Waals surface area contributed by atoms with Gasteiger partial charge in [-0.15, -0.1) is 0 Å². The number of amides is 2. The summed E-state index contributed by atoms with van der Waals surface area (Å²) in [7, 11) is 1.86. The van der Waals surface area contributed by atoms with Gasteiger partial charge in [0, 0.05) is 30.7 Å². The summed E-state index contributed by atoms with van der Waals surface area (Å²) in [6.07, 6.45) is 4.94. The molecule has 1 aliphatic carbocycles. The van der Waals surface area contributed by atoms with Crippen molar-refractivity contribution in [1.82, 2.24) is 20.0 Å². The molecule has 7 nitrogen and oxygen atoms in total. The number of aryl methyl sites for hydroxylation is 1. The minimum absolute atomic E-state index is 0.0686. The van der Waals surface area contributed by atoms with Gasteiger partial charge in [0.25, 0.3) is 5.91 Å². The second-order valence-electron chi connectivity index (χ2n) is 9.71. The number of benzene rings is 2. The Kier molecular flexibility index (Phi) is 5.35. The highest BCUT2D eigenvalue weighted by Crippen LogP contribution is 2.44. The molecule has 2 amide bonds. The molecule has 1 atom stereocenters. The number of carbonyl (C=O) groups excluding carboxylic acids is 2. The molecule has 1 N–H and O–H groups in total. The monoisotopic (exact) mass is 446 g/mol. The van der Waals surface area contributed by atoms with Gasteiger partial charge in [-0.05, 0) is 57.2 Å². The molecule has 0 bridgehead atoms. The van der Waals surface area contributed by atoms with Crippen LogP contribution < -0.4 is 5.32 Å². The minimum Gasteiger partial charge on any atom is -0.441 e. The SMILES string of the molecule is Cn1cc2c(C(=O)NC3CCC(N4C(=O)OC(C)(C)C4c4ccccc4)CC3)cccc2n1. The molecule has 1 aliphatic heterocycles. The average Bonchev–Trinajstić information content (AvgIpc) is 3.29. The number of rotatable bonds is 4. The van der Waals surface area contributed by atoms with Gasteiger partial charge in [-0.1, -0.05) is 36.4 Å². The maximum absolute atomic E-state index is 13.0. The van der Waals surface area contributed by atoms with E-state index in [9.17, 15) is 9.59 Å². The van der Waals surface area contributed by atoms with E-state index in [4.69, 9.17) is 4.74 Å². The van der Waals surface area contributed by atoms with Crippen molar-refractivity contribution in [3.8, 4) is 0 Å². The van der Waals surface area contributed by atoms with Gasteiger partial charge < -0.3 is 10.1 Å². The fourth-order valence-corrected chi connectivity index (χ4v) is 5.45. The molecule has 2 fully saturated rings. The summed E-state index contributed by atoms with van der Waals surface area (Å²) in [5, 5.41) is 8.46. The summed E-state index contributed by atoms with van der Waals surface area (Å²) in [6, 6.07) is 15.8. The molecule has 1 aromatic heterocycles. The van der Waals surface area contributed by atoms with Gasteiger partial charge >= 0.3 is 6.09 Å². The van der Waals surface area contributed by atoms with E-state index in [1.807, 2.05) is 68.4 Å². The third-order valence-corrected chi connectivity index (χ3v) is 6.95. The number of aromatic nitrogens is 2. The number of cyclic esters (lactones) is 1. The quantitative estimate of drug-likeness (QED) is 0.636. The summed E-state index contributed by atoms with van der Waals surface area (Å²) in [6.45, 7) is 3.96. The topological polar surface area (TPSA) is 76.5 Å². The van der Waals surface area contributed by atoms with E-state index in [1.165, 1.54) is 0 Å². The Morgan fingerprint density at radius 2 is 1.79 bits per heavy atom. The van der Waals surface area contributed by atoms with Crippen molar-refractivity contribution in [2.45, 2.75) is 63.3 Å². The van der Waals surface area contributed by atoms with Gasteiger partial charge in [-0.25, -0.2) is 4.79 Å². The molecule has 3 aromatic rings. The van der Waals surface area contributed by atoms with Crippen LogP contribution in [0.2, 0.25) is 0 Å². The summed E-state index contributed by atoms with van der Waals surface area (Å²) in [5.41, 5.74) is 1.97. The molecule has 1 saturated carbocycles. The van der Waals surface area contributed by atoms with Crippen molar-refractivity contribution in [2.75, 3.05) is 0 Å². The average molecular weight is 447 g/mol. The predicted molar refractivity (Wildman–Crippen MR) is 126 cm³/mol. The van der Waals surface area contributed by atoms with Crippen LogP contribution in [0.4, 0.5) is 4.79 Å². The lowest BCUT2D eigenvalue weighted by atomic mass is 9.86. The summed E-state index contributed by atoms with van der Waals surface area (Å²) in [4.78, 5) is 27.8. The van der Waals surface area contributed by atoms with E-state index < -0.39 is 5.60 Å². The van der Waals surface area contributed by atoms with Crippen molar-refractivity contribution >= 4 is 22.9 Å². The highest BCUT2D eigenvalue weighted by molar-refractivity contribution is 6.06. The molecule has 0 radical (unpaired) electrons. The van der Waals surface area contributed by atoms with E-state index in [-0.39, 0.29) is 30.1 Å². The zero-order valence-electron chi connectivity index (χ0n) is 19.3. The van der Waals surface area contributed by atoms with Crippen LogP contribution in [-0.4, -0.2) is 44.4 Å². The van der Waals surface area contributed by atoms with Crippen LogP contribution in [0.15, 0.2) is 54.7 Å². The van der Waals surface area contributed by atoms with Crippen molar-refractivity contribution < 1.29 is 14.3 Å². The van der Waals surface area contributed by atoms with E-state index in [0.717, 1.165) is 42.1 Å². The molecule has 1 unspecified atom stereocenters. The summed E-state index contributed by atoms with van der Waals surface area (Å²) < 4.78 is 7.51. The lowest BCUT2D eigenvalue weighted by molar-refractivity contribution is 0.0663. The van der Waals surface area contributed by atoms with Crippen LogP contribution in [0.3, 0.4) is 0 Å². The number of fused-ring (bicyclic) bond motifs is 1. The van der Waals surface area contributed by atoms with Crippen molar-refractivity contribution in [2.24, 2.45) is 7.05 Å². The summed E-state index contributed by atoms with van der Waals surface area (Å²) >= 11 is 0. The molecule has 2 aromatic carbocycles. The minimum atomic E-state index is -0.591. The lowest BCUT2D eigenvalue weighted by Gasteiger charge is -2.38. The Morgan fingerprint density at radius 3 is 2.52 bits per heavy atom. The first-order valence-electron chi connectivity index (χ1n) is 11.6. The molecule has 7 heteroatoms. The molecule has 0 spiro atoms. The van der Waals surface area contributed by atoms with Crippen LogP contribution in [0.25, 0.3) is 10.9 Å². The summed E-state index contributed by atoms with van der Waals surface area (Å²) in [5.74, 6) is -0.0686. The molecule has 2 aliphatic rings. The number of hydrogen-bond acceptors (Lipinski definition) is 4. The van der Waals surface area contributed by atoms with Gasteiger partial charge in [-0.3, -0.25) is 14.4 Å². The fourth-order valence-electron chi connectivity index (χ4n) is 5.45. The molecule has 172 valence electrons. The first kappa shape index (κ1) is 21.5. The molecule has 1 saturated heterocycles. The molecule has 33 heavy (non-hydrogen) atoms. The van der Waals surface area contributed by atoms with Gasteiger partial charge in [0.15, 0.2) is 0 Å². The lowest BCUT2D eigenvalue weighted by Crippen LogP contribution is -2.46. The Labute approximate surface area is 193 Å². The van der Waals surface area contributed by atoms with Crippen molar-refractivity contribution in [1.29, 1.82) is 0 Å². The zero-order valence-corrected chi connectivity index (χ0v) is 19.3. The van der Waals surface area contributed by atoms with E-state index in [0.29, 0.717) is 5.56 Å². The highest BCUT2D eigenvalue weighted by atomic mass is 16.6. The van der Waals surface area contributed by atoms with Crippen LogP contribution >= 0.6 is 0 Å². The van der Waals surface area contributed by atoms with Crippen LogP contribution in [0.5, 0.6) is 0 Å². The largest absolute Gasteiger partial charge is 0.441 e. The van der Waals surface area contributed by atoms with Gasteiger partial charge in [-0.2, -0.15) is 5.10 Å². The molecule has 2 heterocycles. The molecular formula is C26H30N4O3.